The third-order valence-electron chi connectivity index (χ3n) is 4.87. The number of halogens is 1. The highest BCUT2D eigenvalue weighted by Gasteiger charge is 2.25. The van der Waals surface area contributed by atoms with Crippen LogP contribution >= 0.6 is 23.4 Å². The van der Waals surface area contributed by atoms with Gasteiger partial charge in [0.05, 0.1) is 10.7 Å². The topological polar surface area (TPSA) is 118 Å². The van der Waals surface area contributed by atoms with Crippen molar-refractivity contribution in [3.63, 3.8) is 0 Å². The molecule has 0 aliphatic rings. The molecule has 3 rings (SSSR count). The fourth-order valence-corrected chi connectivity index (χ4v) is 4.01. The van der Waals surface area contributed by atoms with E-state index in [9.17, 15) is 19.5 Å². The number of thioether (sulfide) groups is 1. The Labute approximate surface area is 212 Å². The van der Waals surface area contributed by atoms with Crippen LogP contribution in [0.15, 0.2) is 51.7 Å². The van der Waals surface area contributed by atoms with E-state index in [0.717, 1.165) is 0 Å². The maximum absolute atomic E-state index is 13.1. The van der Waals surface area contributed by atoms with E-state index in [1.54, 1.807) is 45.0 Å². The number of fused-ring (bicyclic) bond motifs is 1. The molecule has 2 aromatic carbocycles. The predicted octanol–water partition coefficient (Wildman–Crippen LogP) is 5.40. The van der Waals surface area contributed by atoms with E-state index >= 15 is 0 Å². The van der Waals surface area contributed by atoms with E-state index in [1.807, 2.05) is 6.26 Å². The number of ether oxygens (including phenoxy) is 1. The number of alkyl carbamates (subject to hydrolysis) is 1. The number of hydrogen-bond acceptors (Lipinski definition) is 7. The number of hydrogen-bond donors (Lipinski definition) is 3. The zero-order chi connectivity index (χ0) is 25.8. The molecule has 0 saturated heterocycles. The van der Waals surface area contributed by atoms with Gasteiger partial charge in [-0.3, -0.25) is 9.59 Å². The third kappa shape index (κ3) is 6.70. The summed E-state index contributed by atoms with van der Waals surface area (Å²) in [7, 11) is 0. The van der Waals surface area contributed by atoms with Crippen LogP contribution in [0.5, 0.6) is 5.75 Å². The van der Waals surface area contributed by atoms with Crippen molar-refractivity contribution in [1.29, 1.82) is 0 Å². The minimum absolute atomic E-state index is 0.0124. The van der Waals surface area contributed by atoms with Crippen LogP contribution in [0.1, 0.15) is 27.2 Å². The van der Waals surface area contributed by atoms with E-state index in [0.29, 0.717) is 22.8 Å². The standard InChI is InChI=1S/C25H27ClN2O6S/c1-25(2,3)34-24(32)28-17(11-12-35-4)23(31)27-16-9-10-18(29)21-19(30)13-20(33-22(16)21)14-7-5-6-8-15(14)26/h5-10,13,17,29H,11-12H2,1-4H3,(H,27,31)(H,28,32)/t17-/m1/s1. The molecule has 1 atom stereocenters. The zero-order valence-electron chi connectivity index (χ0n) is 19.8. The molecule has 35 heavy (non-hydrogen) atoms. The van der Waals surface area contributed by atoms with Gasteiger partial charge in [-0.05, 0) is 63.5 Å². The van der Waals surface area contributed by atoms with Gasteiger partial charge in [-0.2, -0.15) is 11.8 Å². The van der Waals surface area contributed by atoms with Gasteiger partial charge in [0.25, 0.3) is 0 Å². The van der Waals surface area contributed by atoms with Crippen molar-refractivity contribution in [2.45, 2.75) is 38.8 Å². The second kappa shape index (κ2) is 11.0. The van der Waals surface area contributed by atoms with Crippen LogP contribution < -0.4 is 16.1 Å². The van der Waals surface area contributed by atoms with Gasteiger partial charge in [0, 0.05) is 11.6 Å². The van der Waals surface area contributed by atoms with Crippen LogP contribution in [0.25, 0.3) is 22.3 Å². The summed E-state index contributed by atoms with van der Waals surface area (Å²) in [5.41, 5.74) is -0.592. The van der Waals surface area contributed by atoms with Crippen molar-refractivity contribution in [3.8, 4) is 17.1 Å². The molecule has 8 nitrogen and oxygen atoms in total. The Morgan fingerprint density at radius 2 is 1.91 bits per heavy atom. The Hall–Kier alpha value is -3.17. The van der Waals surface area contributed by atoms with Crippen LogP contribution in [-0.4, -0.2) is 40.8 Å². The molecule has 0 aliphatic carbocycles. The van der Waals surface area contributed by atoms with Crippen molar-refractivity contribution in [2.75, 3.05) is 17.3 Å². The predicted molar refractivity (Wildman–Crippen MR) is 139 cm³/mol. The minimum Gasteiger partial charge on any atom is -0.507 e. The lowest BCUT2D eigenvalue weighted by Crippen LogP contribution is -2.46. The molecule has 0 spiro atoms. The van der Waals surface area contributed by atoms with Crippen LogP contribution in [0.4, 0.5) is 10.5 Å². The largest absolute Gasteiger partial charge is 0.507 e. The monoisotopic (exact) mass is 518 g/mol. The first-order valence-electron chi connectivity index (χ1n) is 10.8. The van der Waals surface area contributed by atoms with Gasteiger partial charge in [-0.1, -0.05) is 23.7 Å². The molecule has 1 heterocycles. The number of rotatable bonds is 7. The van der Waals surface area contributed by atoms with Crippen LogP contribution in [0, 0.1) is 0 Å². The van der Waals surface area contributed by atoms with Crippen LogP contribution in [0.2, 0.25) is 5.02 Å². The number of nitrogens with one attached hydrogen (secondary N) is 2. The van der Waals surface area contributed by atoms with Crippen molar-refractivity contribution in [3.05, 3.63) is 57.7 Å². The molecule has 0 unspecified atom stereocenters. The van der Waals surface area contributed by atoms with Gasteiger partial charge in [-0.15, -0.1) is 0 Å². The lowest BCUT2D eigenvalue weighted by molar-refractivity contribution is -0.118. The Bertz CT molecular complexity index is 1300. The average molecular weight is 519 g/mol. The number of phenolic OH excluding ortho intramolecular Hbond substituents is 1. The highest BCUT2D eigenvalue weighted by Crippen LogP contribution is 2.34. The summed E-state index contributed by atoms with van der Waals surface area (Å²) in [6, 6.07) is 9.89. The van der Waals surface area contributed by atoms with Crippen LogP contribution in [0.3, 0.4) is 0 Å². The van der Waals surface area contributed by atoms with Crippen LogP contribution in [-0.2, 0) is 9.53 Å². The maximum atomic E-state index is 13.1. The summed E-state index contributed by atoms with van der Waals surface area (Å²) < 4.78 is 11.2. The molecule has 2 amide bonds. The quantitative estimate of drug-likeness (QED) is 0.358. The van der Waals surface area contributed by atoms with Gasteiger partial charge < -0.3 is 24.9 Å². The zero-order valence-corrected chi connectivity index (χ0v) is 21.4. The molecule has 3 N–H and O–H groups in total. The minimum atomic E-state index is -0.903. The van der Waals surface area contributed by atoms with E-state index in [4.69, 9.17) is 20.8 Å². The first-order chi connectivity index (χ1) is 16.5. The highest BCUT2D eigenvalue weighted by molar-refractivity contribution is 7.98. The number of aromatic hydroxyl groups is 1. The lowest BCUT2D eigenvalue weighted by atomic mass is 10.1. The molecular weight excluding hydrogens is 492 g/mol. The number of benzene rings is 2. The van der Waals surface area contributed by atoms with E-state index in [2.05, 4.69) is 10.6 Å². The summed E-state index contributed by atoms with van der Waals surface area (Å²) in [4.78, 5) is 38.3. The Morgan fingerprint density at radius 1 is 1.20 bits per heavy atom. The molecule has 10 heteroatoms. The summed E-state index contributed by atoms with van der Waals surface area (Å²) in [6.45, 7) is 5.18. The SMILES string of the molecule is CSCC[C@@H](NC(=O)OC(C)(C)C)C(=O)Nc1ccc(O)c2c(=O)cc(-c3ccccc3Cl)oc12. The van der Waals surface area contributed by atoms with E-state index < -0.39 is 29.1 Å². The molecule has 0 bridgehead atoms. The Kier molecular flexibility index (Phi) is 8.34. The van der Waals surface area contributed by atoms with E-state index in [1.165, 1.54) is 30.0 Å². The molecule has 0 fully saturated rings. The average Bonchev–Trinajstić information content (AvgIpc) is 2.77. The number of carbonyl (C=O) groups excluding carboxylic acids is 2. The van der Waals surface area contributed by atoms with E-state index in [-0.39, 0.29) is 28.2 Å². The smallest absolute Gasteiger partial charge is 0.408 e. The fourth-order valence-electron chi connectivity index (χ4n) is 3.31. The molecule has 1 aromatic heterocycles. The number of phenols is 1. The van der Waals surface area contributed by atoms with Crippen molar-refractivity contribution in [2.24, 2.45) is 0 Å². The molecule has 0 radical (unpaired) electrons. The number of amides is 2. The molecule has 3 aromatic rings. The number of anilines is 1. The second-order valence-corrected chi connectivity index (χ2v) is 10.2. The summed E-state index contributed by atoms with van der Waals surface area (Å²) in [6.07, 6.45) is 1.51. The van der Waals surface area contributed by atoms with Gasteiger partial charge in [-0.25, -0.2) is 4.79 Å². The van der Waals surface area contributed by atoms with Gasteiger partial charge in [0.15, 0.2) is 11.0 Å². The molecule has 0 aliphatic heterocycles. The van der Waals surface area contributed by atoms with Crippen molar-refractivity contribution in [1.82, 2.24) is 5.32 Å². The first kappa shape index (κ1) is 26.4. The summed E-state index contributed by atoms with van der Waals surface area (Å²) in [5, 5.41) is 15.9. The van der Waals surface area contributed by atoms with Gasteiger partial charge >= 0.3 is 6.09 Å². The summed E-state index contributed by atoms with van der Waals surface area (Å²) >= 11 is 7.79. The fraction of sp³-hybridized carbons (Fsp3) is 0.320. The summed E-state index contributed by atoms with van der Waals surface area (Å²) in [5.74, 6) is -0.0263. The first-order valence-corrected chi connectivity index (χ1v) is 12.6. The Balaban J connectivity index is 1.99. The van der Waals surface area contributed by atoms with Crippen molar-refractivity contribution >= 4 is 52.0 Å². The third-order valence-corrected chi connectivity index (χ3v) is 5.85. The molecular formula is C25H27ClN2O6S. The Morgan fingerprint density at radius 3 is 2.57 bits per heavy atom. The highest BCUT2D eigenvalue weighted by atomic mass is 35.5. The normalized spacial score (nSPS) is 12.3. The maximum Gasteiger partial charge on any atom is 0.408 e. The lowest BCUT2D eigenvalue weighted by Gasteiger charge is -2.23. The van der Waals surface area contributed by atoms with Gasteiger partial charge in [0.2, 0.25) is 5.91 Å². The second-order valence-electron chi connectivity index (χ2n) is 8.76. The molecule has 186 valence electrons. The number of carbonyl (C=O) groups is 2. The van der Waals surface area contributed by atoms with Crippen molar-refractivity contribution < 1.29 is 23.8 Å². The molecule has 0 saturated carbocycles. The van der Waals surface area contributed by atoms with Gasteiger partial charge in [0.1, 0.15) is 28.5 Å².